The molecule has 92 valence electrons. The lowest BCUT2D eigenvalue weighted by Gasteiger charge is -2.23. The first-order valence-electron chi connectivity index (χ1n) is 5.91. The molecular weight excluding hydrogens is 212 g/mol. The van der Waals surface area contributed by atoms with E-state index in [4.69, 9.17) is 0 Å². The van der Waals surface area contributed by atoms with Gasteiger partial charge in [0.25, 0.3) is 0 Å². The van der Waals surface area contributed by atoms with Gasteiger partial charge in [0.15, 0.2) is 5.65 Å². The summed E-state index contributed by atoms with van der Waals surface area (Å²) in [5.41, 5.74) is 2.92. The lowest BCUT2D eigenvalue weighted by atomic mass is 9.90. The van der Waals surface area contributed by atoms with E-state index in [9.17, 15) is 0 Å². The molecule has 0 aliphatic carbocycles. The molecule has 0 bridgehead atoms. The SMILES string of the molecule is CC(C)(C)c1ncc(C(C)(C)C)n2ncnc12. The van der Waals surface area contributed by atoms with Gasteiger partial charge in [-0.15, -0.1) is 0 Å². The van der Waals surface area contributed by atoms with Gasteiger partial charge in [0.05, 0.1) is 11.4 Å². The summed E-state index contributed by atoms with van der Waals surface area (Å²) in [6.07, 6.45) is 3.52. The van der Waals surface area contributed by atoms with Crippen LogP contribution in [0.15, 0.2) is 12.5 Å². The van der Waals surface area contributed by atoms with Crippen LogP contribution in [0.4, 0.5) is 0 Å². The second-order valence-corrected chi connectivity index (χ2v) is 6.49. The molecule has 0 unspecified atom stereocenters. The Kier molecular flexibility index (Phi) is 2.49. The summed E-state index contributed by atoms with van der Waals surface area (Å²) in [5.74, 6) is 0. The summed E-state index contributed by atoms with van der Waals surface area (Å²) in [4.78, 5) is 8.94. The number of aromatic nitrogens is 4. The van der Waals surface area contributed by atoms with Crippen molar-refractivity contribution in [3.05, 3.63) is 23.9 Å². The van der Waals surface area contributed by atoms with E-state index in [0.717, 1.165) is 17.0 Å². The van der Waals surface area contributed by atoms with Gasteiger partial charge in [0, 0.05) is 17.0 Å². The van der Waals surface area contributed by atoms with Crippen LogP contribution >= 0.6 is 0 Å². The van der Waals surface area contributed by atoms with E-state index in [1.807, 2.05) is 10.7 Å². The lowest BCUT2D eigenvalue weighted by Crippen LogP contribution is -2.22. The maximum Gasteiger partial charge on any atom is 0.177 e. The zero-order valence-corrected chi connectivity index (χ0v) is 11.4. The summed E-state index contributed by atoms with van der Waals surface area (Å²) in [7, 11) is 0. The Morgan fingerprint density at radius 1 is 0.941 bits per heavy atom. The third-order valence-electron chi connectivity index (χ3n) is 2.78. The Hall–Kier alpha value is -1.45. The predicted molar refractivity (Wildman–Crippen MR) is 68.2 cm³/mol. The average Bonchev–Trinajstić information content (AvgIpc) is 2.60. The van der Waals surface area contributed by atoms with Gasteiger partial charge in [-0.3, -0.25) is 4.98 Å². The number of nitrogens with zero attached hydrogens (tertiary/aromatic N) is 4. The number of fused-ring (bicyclic) bond motifs is 1. The van der Waals surface area contributed by atoms with Gasteiger partial charge < -0.3 is 0 Å². The van der Waals surface area contributed by atoms with E-state index >= 15 is 0 Å². The summed E-state index contributed by atoms with van der Waals surface area (Å²) >= 11 is 0. The standard InChI is InChI=1S/C13H20N4/c1-12(2,3)9-7-14-10(13(4,5)6)11-15-8-16-17(9)11/h7-8H,1-6H3. The van der Waals surface area contributed by atoms with Gasteiger partial charge in [-0.1, -0.05) is 41.5 Å². The van der Waals surface area contributed by atoms with Gasteiger partial charge in [-0.25, -0.2) is 9.50 Å². The van der Waals surface area contributed by atoms with Crippen LogP contribution in [-0.2, 0) is 10.8 Å². The molecule has 0 saturated carbocycles. The molecule has 2 heterocycles. The minimum Gasteiger partial charge on any atom is -0.255 e. The number of hydrogen-bond acceptors (Lipinski definition) is 3. The molecule has 0 aromatic carbocycles. The predicted octanol–water partition coefficient (Wildman–Crippen LogP) is 2.72. The van der Waals surface area contributed by atoms with E-state index in [-0.39, 0.29) is 10.8 Å². The fraction of sp³-hybridized carbons (Fsp3) is 0.615. The van der Waals surface area contributed by atoms with Crippen LogP contribution in [0, 0.1) is 0 Å². The van der Waals surface area contributed by atoms with Crippen molar-refractivity contribution in [3.63, 3.8) is 0 Å². The zero-order chi connectivity index (χ0) is 12.8. The molecule has 0 aliphatic rings. The van der Waals surface area contributed by atoms with Crippen molar-refractivity contribution in [2.24, 2.45) is 0 Å². The van der Waals surface area contributed by atoms with Crippen molar-refractivity contribution >= 4 is 5.65 Å². The smallest absolute Gasteiger partial charge is 0.177 e. The van der Waals surface area contributed by atoms with Gasteiger partial charge in [0.2, 0.25) is 0 Å². The molecule has 0 amide bonds. The third-order valence-corrected chi connectivity index (χ3v) is 2.78. The largest absolute Gasteiger partial charge is 0.255 e. The Bertz CT molecular complexity index is 493. The molecule has 0 spiro atoms. The van der Waals surface area contributed by atoms with Crippen molar-refractivity contribution in [2.45, 2.75) is 52.4 Å². The molecule has 17 heavy (non-hydrogen) atoms. The second kappa shape index (κ2) is 3.52. The van der Waals surface area contributed by atoms with E-state index in [0.29, 0.717) is 0 Å². The Morgan fingerprint density at radius 2 is 1.59 bits per heavy atom. The fourth-order valence-corrected chi connectivity index (χ4v) is 1.86. The van der Waals surface area contributed by atoms with Crippen LogP contribution < -0.4 is 0 Å². The highest BCUT2D eigenvalue weighted by Crippen LogP contribution is 2.27. The van der Waals surface area contributed by atoms with Crippen LogP contribution in [-0.4, -0.2) is 19.6 Å². The van der Waals surface area contributed by atoms with Crippen LogP contribution in [0.1, 0.15) is 52.9 Å². The second-order valence-electron chi connectivity index (χ2n) is 6.49. The highest BCUT2D eigenvalue weighted by Gasteiger charge is 2.25. The topological polar surface area (TPSA) is 43.1 Å². The van der Waals surface area contributed by atoms with Crippen molar-refractivity contribution in [1.29, 1.82) is 0 Å². The molecule has 2 aromatic rings. The van der Waals surface area contributed by atoms with Gasteiger partial charge in [-0.05, 0) is 0 Å². The lowest BCUT2D eigenvalue weighted by molar-refractivity contribution is 0.527. The maximum atomic E-state index is 4.59. The van der Waals surface area contributed by atoms with E-state index in [1.165, 1.54) is 0 Å². The monoisotopic (exact) mass is 232 g/mol. The minimum atomic E-state index is -0.0231. The van der Waals surface area contributed by atoms with Crippen LogP contribution in [0.5, 0.6) is 0 Å². The molecular formula is C13H20N4. The van der Waals surface area contributed by atoms with Gasteiger partial charge in [-0.2, -0.15) is 5.10 Å². The van der Waals surface area contributed by atoms with Crippen molar-refractivity contribution in [1.82, 2.24) is 19.6 Å². The van der Waals surface area contributed by atoms with Gasteiger partial charge >= 0.3 is 0 Å². The number of rotatable bonds is 0. The molecule has 0 atom stereocenters. The average molecular weight is 232 g/mol. The summed E-state index contributed by atoms with van der Waals surface area (Å²) in [6.45, 7) is 12.9. The quantitative estimate of drug-likeness (QED) is 0.701. The Labute approximate surface area is 102 Å². The molecule has 0 radical (unpaired) electrons. The fourth-order valence-electron chi connectivity index (χ4n) is 1.86. The molecule has 0 aliphatic heterocycles. The molecule has 2 rings (SSSR count). The Balaban J connectivity index is 2.76. The summed E-state index contributed by atoms with van der Waals surface area (Å²) in [6, 6.07) is 0. The van der Waals surface area contributed by atoms with Crippen molar-refractivity contribution < 1.29 is 0 Å². The third kappa shape index (κ3) is 2.04. The highest BCUT2D eigenvalue weighted by atomic mass is 15.3. The summed E-state index contributed by atoms with van der Waals surface area (Å²) in [5, 5.41) is 4.32. The normalized spacial score (nSPS) is 13.3. The minimum absolute atomic E-state index is 0.00929. The van der Waals surface area contributed by atoms with Crippen molar-refractivity contribution in [3.8, 4) is 0 Å². The van der Waals surface area contributed by atoms with E-state index < -0.39 is 0 Å². The van der Waals surface area contributed by atoms with Crippen molar-refractivity contribution in [2.75, 3.05) is 0 Å². The molecule has 0 N–H and O–H groups in total. The van der Waals surface area contributed by atoms with E-state index in [2.05, 4.69) is 56.6 Å². The highest BCUT2D eigenvalue weighted by molar-refractivity contribution is 5.47. The molecule has 4 nitrogen and oxygen atoms in total. The van der Waals surface area contributed by atoms with Crippen LogP contribution in [0.2, 0.25) is 0 Å². The first-order valence-corrected chi connectivity index (χ1v) is 5.91. The molecule has 2 aromatic heterocycles. The van der Waals surface area contributed by atoms with E-state index in [1.54, 1.807) is 6.33 Å². The molecule has 4 heteroatoms. The number of hydrogen-bond donors (Lipinski definition) is 0. The first kappa shape index (κ1) is 12.0. The van der Waals surface area contributed by atoms with Crippen LogP contribution in [0.25, 0.3) is 5.65 Å². The molecule has 0 saturated heterocycles. The summed E-state index contributed by atoms with van der Waals surface area (Å²) < 4.78 is 1.91. The Morgan fingerprint density at radius 3 is 2.12 bits per heavy atom. The zero-order valence-electron chi connectivity index (χ0n) is 11.4. The van der Waals surface area contributed by atoms with Crippen LogP contribution in [0.3, 0.4) is 0 Å². The molecule has 0 fully saturated rings. The first-order chi connectivity index (χ1) is 7.71. The van der Waals surface area contributed by atoms with Gasteiger partial charge in [0.1, 0.15) is 6.33 Å². The maximum absolute atomic E-state index is 4.59.